The van der Waals surface area contributed by atoms with Gasteiger partial charge in [-0.3, -0.25) is 4.90 Å². The summed E-state index contributed by atoms with van der Waals surface area (Å²) >= 11 is 3.50. The molecule has 0 aliphatic heterocycles. The van der Waals surface area contributed by atoms with Gasteiger partial charge in [-0.05, 0) is 44.9 Å². The quantitative estimate of drug-likeness (QED) is 0.714. The van der Waals surface area contributed by atoms with Gasteiger partial charge in [-0.1, -0.05) is 40.2 Å². The van der Waals surface area contributed by atoms with Gasteiger partial charge < -0.3 is 0 Å². The normalized spacial score (nSPS) is 11.4. The molecule has 1 nitrogen and oxygen atoms in total. The Bertz CT molecular complexity index is 309. The van der Waals surface area contributed by atoms with Gasteiger partial charge in [-0.2, -0.15) is 0 Å². The zero-order valence-electron chi connectivity index (χ0n) is 10.5. The van der Waals surface area contributed by atoms with Crippen molar-refractivity contribution < 1.29 is 0 Å². The van der Waals surface area contributed by atoms with Crippen LogP contribution >= 0.6 is 15.9 Å². The Kier molecular flexibility index (Phi) is 6.07. The molecule has 0 aliphatic carbocycles. The monoisotopic (exact) mass is 283 g/mol. The van der Waals surface area contributed by atoms with Crippen LogP contribution in [-0.2, 0) is 6.54 Å². The van der Waals surface area contributed by atoms with E-state index in [0.29, 0.717) is 6.04 Å². The Morgan fingerprint density at radius 1 is 1.25 bits per heavy atom. The summed E-state index contributed by atoms with van der Waals surface area (Å²) < 4.78 is 0. The number of halogens is 1. The van der Waals surface area contributed by atoms with Crippen molar-refractivity contribution in [3.05, 3.63) is 35.4 Å². The smallest absolute Gasteiger partial charge is 0.0239 e. The highest BCUT2D eigenvalue weighted by molar-refractivity contribution is 9.09. The standard InChI is InChI=1S/C14H22BrN/c1-12(2)16(10-6-9-15)11-14-8-5-4-7-13(14)3/h4-5,7-8,12H,6,9-11H2,1-3H3. The second kappa shape index (κ2) is 7.08. The van der Waals surface area contributed by atoms with Crippen molar-refractivity contribution in [1.82, 2.24) is 4.90 Å². The minimum absolute atomic E-state index is 0.610. The van der Waals surface area contributed by atoms with Crippen LogP contribution in [0.3, 0.4) is 0 Å². The van der Waals surface area contributed by atoms with Crippen LogP contribution in [0.2, 0.25) is 0 Å². The number of rotatable bonds is 6. The molecule has 0 N–H and O–H groups in total. The minimum atomic E-state index is 0.610. The molecule has 0 saturated heterocycles. The topological polar surface area (TPSA) is 3.24 Å². The predicted octanol–water partition coefficient (Wildman–Crippen LogP) is 3.99. The second-order valence-electron chi connectivity index (χ2n) is 4.53. The molecule has 0 saturated carbocycles. The van der Waals surface area contributed by atoms with E-state index in [0.717, 1.165) is 18.4 Å². The molecule has 0 unspecified atom stereocenters. The maximum Gasteiger partial charge on any atom is 0.0239 e. The Labute approximate surface area is 108 Å². The van der Waals surface area contributed by atoms with E-state index in [2.05, 4.69) is 65.9 Å². The molecule has 1 aromatic rings. The first-order chi connectivity index (χ1) is 7.65. The summed E-state index contributed by atoms with van der Waals surface area (Å²) in [7, 11) is 0. The Morgan fingerprint density at radius 3 is 2.50 bits per heavy atom. The summed E-state index contributed by atoms with van der Waals surface area (Å²) in [6.45, 7) is 8.96. The first-order valence-corrected chi connectivity index (χ1v) is 7.11. The average Bonchev–Trinajstić information content (AvgIpc) is 2.26. The van der Waals surface area contributed by atoms with Gasteiger partial charge in [0.15, 0.2) is 0 Å². The van der Waals surface area contributed by atoms with E-state index in [4.69, 9.17) is 0 Å². The molecule has 2 heteroatoms. The molecule has 0 fully saturated rings. The van der Waals surface area contributed by atoms with Gasteiger partial charge in [-0.15, -0.1) is 0 Å². The van der Waals surface area contributed by atoms with Crippen molar-refractivity contribution in [2.75, 3.05) is 11.9 Å². The number of hydrogen-bond acceptors (Lipinski definition) is 1. The van der Waals surface area contributed by atoms with Crippen molar-refractivity contribution in [2.45, 2.75) is 39.8 Å². The molecule has 0 radical (unpaired) electrons. The number of alkyl halides is 1. The van der Waals surface area contributed by atoms with E-state index < -0.39 is 0 Å². The number of nitrogens with zero attached hydrogens (tertiary/aromatic N) is 1. The van der Waals surface area contributed by atoms with Crippen LogP contribution in [0, 0.1) is 6.92 Å². The largest absolute Gasteiger partial charge is 0.297 e. The number of aryl methyl sites for hydroxylation is 1. The van der Waals surface area contributed by atoms with E-state index in [1.165, 1.54) is 17.5 Å². The molecule has 0 spiro atoms. The molecule has 16 heavy (non-hydrogen) atoms. The zero-order valence-corrected chi connectivity index (χ0v) is 12.1. The first kappa shape index (κ1) is 13.7. The Balaban J connectivity index is 2.64. The molecular weight excluding hydrogens is 262 g/mol. The van der Waals surface area contributed by atoms with Crippen molar-refractivity contribution in [3.63, 3.8) is 0 Å². The van der Waals surface area contributed by atoms with E-state index in [9.17, 15) is 0 Å². The van der Waals surface area contributed by atoms with Crippen LogP contribution in [-0.4, -0.2) is 22.8 Å². The molecule has 0 aromatic heterocycles. The average molecular weight is 284 g/mol. The predicted molar refractivity (Wildman–Crippen MR) is 75.1 cm³/mol. The molecule has 0 heterocycles. The molecule has 1 aromatic carbocycles. The van der Waals surface area contributed by atoms with Gasteiger partial charge >= 0.3 is 0 Å². The summed E-state index contributed by atoms with van der Waals surface area (Å²) in [5, 5.41) is 1.09. The molecule has 0 amide bonds. The third kappa shape index (κ3) is 4.26. The van der Waals surface area contributed by atoms with Crippen LogP contribution in [0.4, 0.5) is 0 Å². The van der Waals surface area contributed by atoms with Gasteiger partial charge in [0.25, 0.3) is 0 Å². The highest BCUT2D eigenvalue weighted by Crippen LogP contribution is 2.13. The molecule has 1 rings (SSSR count). The molecule has 0 atom stereocenters. The van der Waals surface area contributed by atoms with E-state index >= 15 is 0 Å². The molecule has 0 aliphatic rings. The highest BCUT2D eigenvalue weighted by Gasteiger charge is 2.10. The van der Waals surface area contributed by atoms with Gasteiger partial charge in [-0.25, -0.2) is 0 Å². The third-order valence-corrected chi connectivity index (χ3v) is 3.50. The van der Waals surface area contributed by atoms with Gasteiger partial charge in [0.2, 0.25) is 0 Å². The maximum atomic E-state index is 3.50. The lowest BCUT2D eigenvalue weighted by Gasteiger charge is -2.27. The molecular formula is C14H22BrN. The zero-order chi connectivity index (χ0) is 12.0. The minimum Gasteiger partial charge on any atom is -0.297 e. The Morgan fingerprint density at radius 2 is 1.94 bits per heavy atom. The summed E-state index contributed by atoms with van der Waals surface area (Å²) in [5.74, 6) is 0. The molecule has 90 valence electrons. The Hall–Kier alpha value is -0.340. The van der Waals surface area contributed by atoms with Gasteiger partial charge in [0.1, 0.15) is 0 Å². The number of hydrogen-bond donors (Lipinski definition) is 0. The van der Waals surface area contributed by atoms with Crippen LogP contribution in [0.15, 0.2) is 24.3 Å². The van der Waals surface area contributed by atoms with Crippen molar-refractivity contribution in [3.8, 4) is 0 Å². The SMILES string of the molecule is Cc1ccccc1CN(CCCBr)C(C)C. The van der Waals surface area contributed by atoms with Crippen molar-refractivity contribution >= 4 is 15.9 Å². The van der Waals surface area contributed by atoms with Gasteiger partial charge in [0, 0.05) is 17.9 Å². The van der Waals surface area contributed by atoms with Gasteiger partial charge in [0.05, 0.1) is 0 Å². The second-order valence-corrected chi connectivity index (χ2v) is 5.33. The summed E-state index contributed by atoms with van der Waals surface area (Å²) in [6, 6.07) is 9.28. The van der Waals surface area contributed by atoms with Crippen LogP contribution in [0.5, 0.6) is 0 Å². The van der Waals surface area contributed by atoms with Crippen LogP contribution in [0.25, 0.3) is 0 Å². The summed E-state index contributed by atoms with van der Waals surface area (Å²) in [6.07, 6.45) is 1.21. The fourth-order valence-corrected chi connectivity index (χ4v) is 2.04. The van der Waals surface area contributed by atoms with Crippen LogP contribution < -0.4 is 0 Å². The third-order valence-electron chi connectivity index (χ3n) is 2.94. The van der Waals surface area contributed by atoms with E-state index in [-0.39, 0.29) is 0 Å². The lowest BCUT2D eigenvalue weighted by atomic mass is 10.1. The first-order valence-electron chi connectivity index (χ1n) is 5.99. The fraction of sp³-hybridized carbons (Fsp3) is 0.571. The lowest BCUT2D eigenvalue weighted by molar-refractivity contribution is 0.214. The highest BCUT2D eigenvalue weighted by atomic mass is 79.9. The van der Waals surface area contributed by atoms with E-state index in [1.54, 1.807) is 0 Å². The molecule has 0 bridgehead atoms. The van der Waals surface area contributed by atoms with Crippen LogP contribution in [0.1, 0.15) is 31.4 Å². The summed E-state index contributed by atoms with van der Waals surface area (Å²) in [5.41, 5.74) is 2.85. The van der Waals surface area contributed by atoms with E-state index in [1.807, 2.05) is 0 Å². The van der Waals surface area contributed by atoms with Crippen molar-refractivity contribution in [1.29, 1.82) is 0 Å². The summed E-state index contributed by atoms with van der Waals surface area (Å²) in [4.78, 5) is 2.53. The fourth-order valence-electron chi connectivity index (χ4n) is 1.79. The lowest BCUT2D eigenvalue weighted by Crippen LogP contribution is -2.31. The maximum absolute atomic E-state index is 3.50. The number of benzene rings is 1. The van der Waals surface area contributed by atoms with Crippen molar-refractivity contribution in [2.24, 2.45) is 0 Å².